The first-order valence-electron chi connectivity index (χ1n) is 6.05. The van der Waals surface area contributed by atoms with Gasteiger partial charge in [0.2, 0.25) is 0 Å². The van der Waals surface area contributed by atoms with Gasteiger partial charge >= 0.3 is 5.97 Å². The summed E-state index contributed by atoms with van der Waals surface area (Å²) in [5.74, 6) is -0.412. The number of hydrogen-bond donors (Lipinski definition) is 1. The Hall–Kier alpha value is -1.43. The van der Waals surface area contributed by atoms with Crippen molar-refractivity contribution in [2.24, 2.45) is 5.73 Å². The maximum absolute atomic E-state index is 11.5. The fourth-order valence-electron chi connectivity index (χ4n) is 1.40. The predicted molar refractivity (Wildman–Crippen MR) is 63.5 cm³/mol. The van der Waals surface area contributed by atoms with Crippen molar-refractivity contribution in [2.45, 2.75) is 39.2 Å². The van der Waals surface area contributed by atoms with Crippen LogP contribution in [-0.4, -0.2) is 34.1 Å². The van der Waals surface area contributed by atoms with Crippen LogP contribution >= 0.6 is 0 Å². The van der Waals surface area contributed by atoms with Crippen LogP contribution in [0.15, 0.2) is 6.20 Å². The first-order chi connectivity index (χ1) is 8.27. The standard InChI is InChI=1S/C11H20N4O2/c1-2-3-4-5-8-17-11(16)10-9-15(7-6-12)14-13-10/h9H,2-8,12H2,1H3. The number of esters is 1. The van der Waals surface area contributed by atoms with Crippen molar-refractivity contribution in [3.8, 4) is 0 Å². The van der Waals surface area contributed by atoms with Crippen molar-refractivity contribution in [1.29, 1.82) is 0 Å². The average molecular weight is 240 g/mol. The Bertz CT molecular complexity index is 338. The molecule has 0 aliphatic heterocycles. The fraction of sp³-hybridized carbons (Fsp3) is 0.727. The zero-order valence-corrected chi connectivity index (χ0v) is 10.3. The molecule has 0 bridgehead atoms. The molecule has 0 aromatic carbocycles. The summed E-state index contributed by atoms with van der Waals surface area (Å²) in [6.07, 6.45) is 5.88. The molecule has 6 heteroatoms. The molecule has 0 fully saturated rings. The maximum Gasteiger partial charge on any atom is 0.360 e. The van der Waals surface area contributed by atoms with Crippen LogP contribution in [0.2, 0.25) is 0 Å². The Morgan fingerprint density at radius 2 is 2.29 bits per heavy atom. The van der Waals surface area contributed by atoms with Crippen molar-refractivity contribution >= 4 is 5.97 Å². The Labute approximate surface area is 101 Å². The van der Waals surface area contributed by atoms with Gasteiger partial charge in [-0.2, -0.15) is 0 Å². The zero-order chi connectivity index (χ0) is 12.5. The molecule has 0 aliphatic rings. The molecule has 1 aromatic rings. The van der Waals surface area contributed by atoms with Crippen LogP contribution in [0.5, 0.6) is 0 Å². The molecule has 0 saturated carbocycles. The number of carbonyl (C=O) groups is 1. The quantitative estimate of drug-likeness (QED) is 0.541. The Kier molecular flexibility index (Phi) is 6.24. The SMILES string of the molecule is CCCCCCOC(=O)c1cn(CCN)nn1. The summed E-state index contributed by atoms with van der Waals surface area (Å²) >= 11 is 0. The van der Waals surface area contributed by atoms with Gasteiger partial charge < -0.3 is 10.5 Å². The van der Waals surface area contributed by atoms with Gasteiger partial charge in [-0.05, 0) is 6.42 Å². The lowest BCUT2D eigenvalue weighted by molar-refractivity contribution is 0.0491. The van der Waals surface area contributed by atoms with Gasteiger partial charge in [-0.1, -0.05) is 31.4 Å². The van der Waals surface area contributed by atoms with Crippen molar-refractivity contribution in [2.75, 3.05) is 13.2 Å². The first kappa shape index (κ1) is 13.6. The van der Waals surface area contributed by atoms with E-state index < -0.39 is 5.97 Å². The number of carbonyl (C=O) groups excluding carboxylic acids is 1. The minimum atomic E-state index is -0.412. The summed E-state index contributed by atoms with van der Waals surface area (Å²) in [6, 6.07) is 0. The van der Waals surface area contributed by atoms with E-state index in [-0.39, 0.29) is 5.69 Å². The minimum absolute atomic E-state index is 0.244. The van der Waals surface area contributed by atoms with E-state index in [1.165, 1.54) is 17.5 Å². The molecule has 0 spiro atoms. The largest absolute Gasteiger partial charge is 0.461 e. The summed E-state index contributed by atoms with van der Waals surface area (Å²) in [5, 5.41) is 7.50. The van der Waals surface area contributed by atoms with E-state index >= 15 is 0 Å². The van der Waals surface area contributed by atoms with E-state index in [0.717, 1.165) is 12.8 Å². The second-order valence-electron chi connectivity index (χ2n) is 3.85. The van der Waals surface area contributed by atoms with Gasteiger partial charge in [-0.25, -0.2) is 4.79 Å². The van der Waals surface area contributed by atoms with Gasteiger partial charge in [0.25, 0.3) is 0 Å². The van der Waals surface area contributed by atoms with E-state index in [1.54, 1.807) is 6.20 Å². The van der Waals surface area contributed by atoms with E-state index in [4.69, 9.17) is 10.5 Å². The molecule has 1 heterocycles. The molecule has 0 saturated heterocycles. The number of unbranched alkanes of at least 4 members (excludes halogenated alkanes) is 3. The topological polar surface area (TPSA) is 83.0 Å². The molecule has 0 atom stereocenters. The Morgan fingerprint density at radius 1 is 1.47 bits per heavy atom. The number of rotatable bonds is 8. The molecule has 0 unspecified atom stereocenters. The summed E-state index contributed by atoms with van der Waals surface area (Å²) in [4.78, 5) is 11.5. The van der Waals surface area contributed by atoms with E-state index in [1.807, 2.05) is 0 Å². The number of ether oxygens (including phenoxy) is 1. The number of hydrogen-bond acceptors (Lipinski definition) is 5. The Balaban J connectivity index is 2.26. The lowest BCUT2D eigenvalue weighted by atomic mass is 10.2. The summed E-state index contributed by atoms with van der Waals surface area (Å²) in [5.41, 5.74) is 5.61. The Morgan fingerprint density at radius 3 is 3.00 bits per heavy atom. The molecule has 0 aliphatic carbocycles. The highest BCUT2D eigenvalue weighted by molar-refractivity contribution is 5.86. The van der Waals surface area contributed by atoms with Crippen LogP contribution in [0, 0.1) is 0 Å². The third-order valence-corrected chi connectivity index (χ3v) is 2.34. The van der Waals surface area contributed by atoms with Crippen molar-refractivity contribution in [1.82, 2.24) is 15.0 Å². The molecular weight excluding hydrogens is 220 g/mol. The third-order valence-electron chi connectivity index (χ3n) is 2.34. The molecular formula is C11H20N4O2. The molecule has 1 aromatic heterocycles. The van der Waals surface area contributed by atoms with E-state index in [0.29, 0.717) is 19.7 Å². The highest BCUT2D eigenvalue weighted by Gasteiger charge is 2.11. The lowest BCUT2D eigenvalue weighted by Crippen LogP contribution is -2.10. The third kappa shape index (κ3) is 4.95. The molecule has 0 radical (unpaired) electrons. The summed E-state index contributed by atoms with van der Waals surface area (Å²) < 4.78 is 6.62. The highest BCUT2D eigenvalue weighted by atomic mass is 16.5. The zero-order valence-electron chi connectivity index (χ0n) is 10.3. The van der Waals surface area contributed by atoms with Gasteiger partial charge in [0.05, 0.1) is 19.3 Å². The molecule has 96 valence electrons. The minimum Gasteiger partial charge on any atom is -0.461 e. The van der Waals surface area contributed by atoms with Crippen LogP contribution in [0.4, 0.5) is 0 Å². The smallest absolute Gasteiger partial charge is 0.360 e. The van der Waals surface area contributed by atoms with Crippen LogP contribution in [0.3, 0.4) is 0 Å². The van der Waals surface area contributed by atoms with Gasteiger partial charge in [0.1, 0.15) is 0 Å². The first-order valence-corrected chi connectivity index (χ1v) is 6.05. The number of nitrogens with two attached hydrogens (primary N) is 1. The second kappa shape index (κ2) is 7.78. The highest BCUT2D eigenvalue weighted by Crippen LogP contribution is 2.01. The van der Waals surface area contributed by atoms with Crippen LogP contribution < -0.4 is 5.73 Å². The predicted octanol–water partition coefficient (Wildman–Crippen LogP) is 0.974. The monoisotopic (exact) mass is 240 g/mol. The average Bonchev–Trinajstić information content (AvgIpc) is 2.78. The van der Waals surface area contributed by atoms with Gasteiger partial charge in [-0.3, -0.25) is 4.68 Å². The number of aromatic nitrogens is 3. The van der Waals surface area contributed by atoms with Crippen LogP contribution in [0.25, 0.3) is 0 Å². The fourth-order valence-corrected chi connectivity index (χ4v) is 1.40. The molecule has 1 rings (SSSR count). The van der Waals surface area contributed by atoms with Gasteiger partial charge in [0, 0.05) is 6.54 Å². The summed E-state index contributed by atoms with van der Waals surface area (Å²) in [6.45, 7) is 3.61. The van der Waals surface area contributed by atoms with Crippen LogP contribution in [-0.2, 0) is 11.3 Å². The van der Waals surface area contributed by atoms with Crippen LogP contribution in [0.1, 0.15) is 43.1 Å². The second-order valence-corrected chi connectivity index (χ2v) is 3.85. The molecule has 0 amide bonds. The maximum atomic E-state index is 11.5. The molecule has 6 nitrogen and oxygen atoms in total. The van der Waals surface area contributed by atoms with Crippen molar-refractivity contribution in [3.05, 3.63) is 11.9 Å². The summed E-state index contributed by atoms with van der Waals surface area (Å²) in [7, 11) is 0. The van der Waals surface area contributed by atoms with Gasteiger partial charge in [0.15, 0.2) is 5.69 Å². The lowest BCUT2D eigenvalue weighted by Gasteiger charge is -2.01. The molecule has 17 heavy (non-hydrogen) atoms. The normalized spacial score (nSPS) is 10.5. The van der Waals surface area contributed by atoms with Gasteiger partial charge in [-0.15, -0.1) is 5.10 Å². The number of nitrogens with zero attached hydrogens (tertiary/aromatic N) is 3. The van der Waals surface area contributed by atoms with Crippen molar-refractivity contribution in [3.63, 3.8) is 0 Å². The van der Waals surface area contributed by atoms with E-state index in [9.17, 15) is 4.79 Å². The van der Waals surface area contributed by atoms with Crippen molar-refractivity contribution < 1.29 is 9.53 Å². The molecule has 2 N–H and O–H groups in total. The van der Waals surface area contributed by atoms with E-state index in [2.05, 4.69) is 17.2 Å².